The summed E-state index contributed by atoms with van der Waals surface area (Å²) < 4.78 is 4.71. The number of ether oxygens (including phenoxy) is 1. The van der Waals surface area contributed by atoms with Gasteiger partial charge in [0.2, 0.25) is 0 Å². The first kappa shape index (κ1) is 9.94. The highest BCUT2D eigenvalue weighted by Gasteiger charge is 2.20. The van der Waals surface area contributed by atoms with Crippen LogP contribution in [0.3, 0.4) is 0 Å². The minimum atomic E-state index is -1.03. The topological polar surface area (TPSA) is 55.4 Å². The number of amides is 1. The fraction of sp³-hybridized carbons (Fsp3) is 0.714. The lowest BCUT2D eigenvalue weighted by Crippen LogP contribution is -2.35. The van der Waals surface area contributed by atoms with E-state index in [0.29, 0.717) is 12.8 Å². The summed E-state index contributed by atoms with van der Waals surface area (Å²) in [6.07, 6.45) is 0.0204. The Labute approximate surface area is 65.9 Å². The lowest BCUT2D eigenvalue weighted by atomic mass is 10.2. The summed E-state index contributed by atoms with van der Waals surface area (Å²) in [5.74, 6) is 0. The van der Waals surface area contributed by atoms with Gasteiger partial charge in [-0.15, -0.1) is 0 Å². The normalized spacial score (nSPS) is 10.5. The number of rotatable bonds is 3. The van der Waals surface area contributed by atoms with Gasteiger partial charge in [0, 0.05) is 6.54 Å². The van der Waals surface area contributed by atoms with Gasteiger partial charge >= 0.3 is 6.09 Å². The van der Waals surface area contributed by atoms with E-state index in [-0.39, 0.29) is 0 Å². The highest BCUT2D eigenvalue weighted by atomic mass is 16.6. The van der Waals surface area contributed by atoms with Crippen LogP contribution in [0.5, 0.6) is 0 Å². The summed E-state index contributed by atoms with van der Waals surface area (Å²) in [5.41, 5.74) is -1.03. The van der Waals surface area contributed by atoms with Crippen molar-refractivity contribution in [2.24, 2.45) is 0 Å². The second kappa shape index (κ2) is 3.95. The van der Waals surface area contributed by atoms with Gasteiger partial charge in [0.05, 0.1) is 0 Å². The van der Waals surface area contributed by atoms with E-state index in [2.05, 4.69) is 5.32 Å². The predicted molar refractivity (Wildman–Crippen MR) is 40.3 cm³/mol. The largest absolute Gasteiger partial charge is 0.436 e. The van der Waals surface area contributed by atoms with E-state index in [1.54, 1.807) is 6.92 Å². The molecule has 0 bridgehead atoms. The van der Waals surface area contributed by atoms with Crippen molar-refractivity contribution in [3.8, 4) is 0 Å². The van der Waals surface area contributed by atoms with Gasteiger partial charge in [-0.05, 0) is 20.8 Å². The zero-order valence-electron chi connectivity index (χ0n) is 7.01. The number of carbonyl (C=O) groups excluding carboxylic acids is 2. The van der Waals surface area contributed by atoms with Crippen LogP contribution in [0.15, 0.2) is 0 Å². The first-order chi connectivity index (χ1) is 5.02. The van der Waals surface area contributed by atoms with Crippen LogP contribution in [0.4, 0.5) is 4.79 Å². The molecule has 0 aliphatic rings. The quantitative estimate of drug-likeness (QED) is 0.617. The molecular weight excluding hydrogens is 146 g/mol. The van der Waals surface area contributed by atoms with Gasteiger partial charge in [-0.3, -0.25) is 4.79 Å². The second-order valence-corrected chi connectivity index (χ2v) is 2.64. The minimum absolute atomic E-state index is 0.494. The average Bonchev–Trinajstić information content (AvgIpc) is 1.87. The van der Waals surface area contributed by atoms with E-state index in [1.165, 1.54) is 13.8 Å². The van der Waals surface area contributed by atoms with Gasteiger partial charge in [-0.2, -0.15) is 0 Å². The molecule has 0 aromatic carbocycles. The Morgan fingerprint density at radius 1 is 1.64 bits per heavy atom. The van der Waals surface area contributed by atoms with E-state index < -0.39 is 11.7 Å². The van der Waals surface area contributed by atoms with Crippen molar-refractivity contribution < 1.29 is 14.3 Å². The summed E-state index contributed by atoms with van der Waals surface area (Å²) >= 11 is 0. The van der Waals surface area contributed by atoms with Gasteiger partial charge in [-0.1, -0.05) is 0 Å². The molecule has 0 aromatic rings. The number of aldehydes is 1. The number of carbonyl (C=O) groups is 2. The number of alkyl carbamates (subject to hydrolysis) is 1. The van der Waals surface area contributed by atoms with Crippen LogP contribution >= 0.6 is 0 Å². The third kappa shape index (κ3) is 4.36. The summed E-state index contributed by atoms with van der Waals surface area (Å²) in [6.45, 7) is 5.31. The zero-order chi connectivity index (χ0) is 8.91. The molecule has 0 fully saturated rings. The SMILES string of the molecule is CCNC(=O)OC(C)(C)C=O. The van der Waals surface area contributed by atoms with Crippen LogP contribution in [0.1, 0.15) is 20.8 Å². The summed E-state index contributed by atoms with van der Waals surface area (Å²) in [6, 6.07) is 0. The van der Waals surface area contributed by atoms with Crippen LogP contribution in [0.2, 0.25) is 0 Å². The van der Waals surface area contributed by atoms with Crippen molar-refractivity contribution in [3.63, 3.8) is 0 Å². The molecule has 0 spiro atoms. The third-order valence-corrected chi connectivity index (χ3v) is 0.961. The molecule has 0 radical (unpaired) electrons. The summed E-state index contributed by atoms with van der Waals surface area (Å²) in [7, 11) is 0. The first-order valence-corrected chi connectivity index (χ1v) is 3.45. The van der Waals surface area contributed by atoms with Gasteiger partial charge < -0.3 is 10.1 Å². The van der Waals surface area contributed by atoms with E-state index >= 15 is 0 Å². The third-order valence-electron chi connectivity index (χ3n) is 0.961. The van der Waals surface area contributed by atoms with Crippen molar-refractivity contribution in [2.45, 2.75) is 26.4 Å². The maximum atomic E-state index is 10.7. The molecule has 0 unspecified atom stereocenters. The van der Waals surface area contributed by atoms with Gasteiger partial charge in [-0.25, -0.2) is 4.79 Å². The van der Waals surface area contributed by atoms with E-state index in [1.807, 2.05) is 0 Å². The van der Waals surface area contributed by atoms with Crippen molar-refractivity contribution >= 4 is 12.4 Å². The Balaban J connectivity index is 3.83. The highest BCUT2D eigenvalue weighted by molar-refractivity contribution is 5.72. The maximum Gasteiger partial charge on any atom is 0.408 e. The van der Waals surface area contributed by atoms with E-state index in [9.17, 15) is 9.59 Å². The minimum Gasteiger partial charge on any atom is -0.436 e. The fourth-order valence-electron chi connectivity index (χ4n) is 0.443. The molecule has 4 nitrogen and oxygen atoms in total. The van der Waals surface area contributed by atoms with Gasteiger partial charge in [0.1, 0.15) is 0 Å². The fourth-order valence-corrected chi connectivity index (χ4v) is 0.443. The lowest BCUT2D eigenvalue weighted by Gasteiger charge is -2.17. The highest BCUT2D eigenvalue weighted by Crippen LogP contribution is 2.03. The van der Waals surface area contributed by atoms with Crippen molar-refractivity contribution in [2.75, 3.05) is 6.54 Å². The molecular formula is C7H13NO3. The van der Waals surface area contributed by atoms with Crippen LogP contribution in [0.25, 0.3) is 0 Å². The van der Waals surface area contributed by atoms with Crippen molar-refractivity contribution in [1.82, 2.24) is 5.32 Å². The van der Waals surface area contributed by atoms with Crippen molar-refractivity contribution in [3.05, 3.63) is 0 Å². The molecule has 0 heterocycles. The molecule has 4 heteroatoms. The predicted octanol–water partition coefficient (Wildman–Crippen LogP) is 0.710. The number of hydrogen-bond acceptors (Lipinski definition) is 3. The first-order valence-electron chi connectivity index (χ1n) is 3.45. The molecule has 0 atom stereocenters. The summed E-state index contributed by atoms with van der Waals surface area (Å²) in [4.78, 5) is 21.0. The Morgan fingerprint density at radius 2 is 2.18 bits per heavy atom. The standard InChI is InChI=1S/C7H13NO3/c1-4-8-6(10)11-7(2,3)5-9/h5H,4H2,1-3H3,(H,8,10). The van der Waals surface area contributed by atoms with Crippen LogP contribution in [-0.4, -0.2) is 24.5 Å². The maximum absolute atomic E-state index is 10.7. The summed E-state index contributed by atoms with van der Waals surface area (Å²) in [5, 5.41) is 2.42. The Hall–Kier alpha value is -1.06. The Bertz CT molecular complexity index is 154. The number of nitrogens with one attached hydrogen (secondary N) is 1. The van der Waals surface area contributed by atoms with Crippen LogP contribution in [0, 0.1) is 0 Å². The molecule has 11 heavy (non-hydrogen) atoms. The average molecular weight is 159 g/mol. The molecule has 0 saturated carbocycles. The van der Waals surface area contributed by atoms with E-state index in [4.69, 9.17) is 4.74 Å². The Morgan fingerprint density at radius 3 is 2.55 bits per heavy atom. The molecule has 0 aliphatic carbocycles. The smallest absolute Gasteiger partial charge is 0.408 e. The lowest BCUT2D eigenvalue weighted by molar-refractivity contribution is -0.121. The zero-order valence-corrected chi connectivity index (χ0v) is 7.01. The Kier molecular flexibility index (Phi) is 3.57. The monoisotopic (exact) mass is 159 g/mol. The molecule has 0 rings (SSSR count). The molecule has 0 aromatic heterocycles. The molecule has 64 valence electrons. The molecule has 1 N–H and O–H groups in total. The van der Waals surface area contributed by atoms with Crippen LogP contribution in [-0.2, 0) is 9.53 Å². The molecule has 1 amide bonds. The van der Waals surface area contributed by atoms with Crippen LogP contribution < -0.4 is 5.32 Å². The van der Waals surface area contributed by atoms with Gasteiger partial charge in [0.15, 0.2) is 11.9 Å². The molecule has 0 saturated heterocycles. The molecule has 0 aliphatic heterocycles. The van der Waals surface area contributed by atoms with Crippen molar-refractivity contribution in [1.29, 1.82) is 0 Å². The second-order valence-electron chi connectivity index (χ2n) is 2.64. The van der Waals surface area contributed by atoms with E-state index in [0.717, 1.165) is 0 Å². The number of hydrogen-bond donors (Lipinski definition) is 1. The van der Waals surface area contributed by atoms with Gasteiger partial charge in [0.25, 0.3) is 0 Å².